The topological polar surface area (TPSA) is 54.6 Å². The van der Waals surface area contributed by atoms with Crippen LogP contribution in [0.3, 0.4) is 0 Å². The molecule has 2 heterocycles. The highest BCUT2D eigenvalue weighted by atomic mass is 35.5. The average molecular weight is 211 g/mol. The Morgan fingerprint density at radius 2 is 2.29 bits per heavy atom. The van der Waals surface area contributed by atoms with Crippen LogP contribution in [0.2, 0.25) is 5.15 Å². The van der Waals surface area contributed by atoms with Crippen LogP contribution in [-0.2, 0) is 0 Å². The molecular weight excluding hydrogens is 204 g/mol. The van der Waals surface area contributed by atoms with Crippen molar-refractivity contribution < 1.29 is 9.90 Å². The van der Waals surface area contributed by atoms with Crippen LogP contribution >= 0.6 is 11.6 Å². The molecule has 14 heavy (non-hydrogen) atoms. The van der Waals surface area contributed by atoms with Crippen LogP contribution in [0.25, 0.3) is 5.65 Å². The first-order valence-electron chi connectivity index (χ1n) is 3.96. The third kappa shape index (κ3) is 1.33. The van der Waals surface area contributed by atoms with Gasteiger partial charge in [0, 0.05) is 6.20 Å². The molecule has 1 N–H and O–H groups in total. The van der Waals surface area contributed by atoms with Gasteiger partial charge in [0.25, 0.3) is 0 Å². The van der Waals surface area contributed by atoms with Gasteiger partial charge in [0.15, 0.2) is 5.69 Å². The summed E-state index contributed by atoms with van der Waals surface area (Å²) in [5, 5.41) is 9.19. The highest BCUT2D eigenvalue weighted by Crippen LogP contribution is 2.16. The van der Waals surface area contributed by atoms with Crippen LogP contribution in [0.4, 0.5) is 0 Å². The van der Waals surface area contributed by atoms with Gasteiger partial charge < -0.3 is 5.11 Å². The summed E-state index contributed by atoms with van der Waals surface area (Å²) in [7, 11) is 0. The SMILES string of the molecule is Cc1cc(Cl)n2cc(C(=O)O)nc2c1. The zero-order chi connectivity index (χ0) is 10.3. The fourth-order valence-electron chi connectivity index (χ4n) is 1.27. The quantitative estimate of drug-likeness (QED) is 0.733. The molecule has 2 aromatic heterocycles. The highest BCUT2D eigenvalue weighted by molar-refractivity contribution is 6.29. The van der Waals surface area contributed by atoms with Gasteiger partial charge in [0.05, 0.1) is 0 Å². The van der Waals surface area contributed by atoms with Crippen LogP contribution in [-0.4, -0.2) is 20.5 Å². The minimum absolute atomic E-state index is 0.00231. The minimum atomic E-state index is -1.05. The average Bonchev–Trinajstić information content (AvgIpc) is 2.47. The first-order valence-corrected chi connectivity index (χ1v) is 4.34. The van der Waals surface area contributed by atoms with E-state index in [2.05, 4.69) is 4.98 Å². The van der Waals surface area contributed by atoms with Gasteiger partial charge in [-0.25, -0.2) is 9.78 Å². The molecule has 5 heteroatoms. The maximum atomic E-state index is 10.6. The van der Waals surface area contributed by atoms with E-state index in [4.69, 9.17) is 16.7 Å². The Kier molecular flexibility index (Phi) is 1.93. The number of fused-ring (bicyclic) bond motifs is 1. The molecule has 0 unspecified atom stereocenters. The van der Waals surface area contributed by atoms with Crippen molar-refractivity contribution in [2.24, 2.45) is 0 Å². The number of carboxylic acid groups (broad SMARTS) is 1. The first kappa shape index (κ1) is 9.02. The summed E-state index contributed by atoms with van der Waals surface area (Å²) in [5.74, 6) is -1.05. The van der Waals surface area contributed by atoms with E-state index in [9.17, 15) is 4.79 Å². The Hall–Kier alpha value is -1.55. The molecule has 4 nitrogen and oxygen atoms in total. The number of rotatable bonds is 1. The summed E-state index contributed by atoms with van der Waals surface area (Å²) in [6.45, 7) is 1.88. The summed E-state index contributed by atoms with van der Waals surface area (Å²) in [4.78, 5) is 14.6. The molecule has 72 valence electrons. The minimum Gasteiger partial charge on any atom is -0.476 e. The molecule has 0 amide bonds. The Bertz CT molecular complexity index is 519. The summed E-state index contributed by atoms with van der Waals surface area (Å²) >= 11 is 5.91. The molecule has 0 saturated carbocycles. The van der Waals surface area contributed by atoms with Crippen molar-refractivity contribution in [3.63, 3.8) is 0 Å². The van der Waals surface area contributed by atoms with Crippen LogP contribution in [0.5, 0.6) is 0 Å². The van der Waals surface area contributed by atoms with E-state index in [0.717, 1.165) is 5.56 Å². The molecule has 0 fully saturated rings. The van der Waals surface area contributed by atoms with Crippen molar-refractivity contribution in [1.29, 1.82) is 0 Å². The number of aromatic carboxylic acids is 1. The molecule has 0 spiro atoms. The number of hydrogen-bond donors (Lipinski definition) is 1. The lowest BCUT2D eigenvalue weighted by molar-refractivity contribution is 0.0691. The van der Waals surface area contributed by atoms with E-state index in [1.54, 1.807) is 12.1 Å². The van der Waals surface area contributed by atoms with Crippen LogP contribution < -0.4 is 0 Å². The van der Waals surface area contributed by atoms with E-state index in [1.807, 2.05) is 6.92 Å². The van der Waals surface area contributed by atoms with Gasteiger partial charge in [0.1, 0.15) is 10.8 Å². The number of pyridine rings is 1. The summed E-state index contributed by atoms with van der Waals surface area (Å²) < 4.78 is 1.54. The van der Waals surface area contributed by atoms with Gasteiger partial charge >= 0.3 is 5.97 Å². The number of carbonyl (C=O) groups is 1. The Morgan fingerprint density at radius 1 is 1.57 bits per heavy atom. The normalized spacial score (nSPS) is 10.7. The smallest absolute Gasteiger partial charge is 0.356 e. The number of hydrogen-bond acceptors (Lipinski definition) is 2. The zero-order valence-corrected chi connectivity index (χ0v) is 8.12. The predicted molar refractivity (Wildman–Crippen MR) is 51.9 cm³/mol. The monoisotopic (exact) mass is 210 g/mol. The second-order valence-corrected chi connectivity index (χ2v) is 3.40. The third-order valence-electron chi connectivity index (χ3n) is 1.89. The second-order valence-electron chi connectivity index (χ2n) is 3.01. The summed E-state index contributed by atoms with van der Waals surface area (Å²) in [5.41, 5.74) is 1.50. The van der Waals surface area contributed by atoms with Crippen molar-refractivity contribution in [3.05, 3.63) is 34.7 Å². The lowest BCUT2D eigenvalue weighted by Crippen LogP contribution is -1.94. The van der Waals surface area contributed by atoms with Gasteiger partial charge in [-0.1, -0.05) is 11.6 Å². The molecule has 0 aliphatic heterocycles. The maximum Gasteiger partial charge on any atom is 0.356 e. The lowest BCUT2D eigenvalue weighted by atomic mass is 10.3. The van der Waals surface area contributed by atoms with Gasteiger partial charge in [0.2, 0.25) is 0 Å². The van der Waals surface area contributed by atoms with E-state index in [0.29, 0.717) is 10.8 Å². The standard InChI is InChI=1S/C9H7ClN2O2/c1-5-2-7(10)12-4-6(9(13)14)11-8(12)3-5/h2-4H,1H3,(H,13,14). The number of aromatic nitrogens is 2. The first-order chi connectivity index (χ1) is 6.58. The molecule has 0 aliphatic rings. The Labute approximate surface area is 84.8 Å². The molecule has 0 radical (unpaired) electrons. The molecule has 0 aliphatic carbocycles. The summed E-state index contributed by atoms with van der Waals surface area (Å²) in [6.07, 6.45) is 1.40. The Balaban J connectivity index is 2.76. The van der Waals surface area contributed by atoms with Gasteiger partial charge in [-0.05, 0) is 24.6 Å². The number of aryl methyl sites for hydroxylation is 1. The Morgan fingerprint density at radius 3 is 2.93 bits per heavy atom. The fourth-order valence-corrected chi connectivity index (χ4v) is 1.58. The van der Waals surface area contributed by atoms with E-state index in [1.165, 1.54) is 10.6 Å². The van der Waals surface area contributed by atoms with Crippen molar-refractivity contribution in [1.82, 2.24) is 9.38 Å². The van der Waals surface area contributed by atoms with Gasteiger partial charge in [-0.3, -0.25) is 4.40 Å². The highest BCUT2D eigenvalue weighted by Gasteiger charge is 2.10. The van der Waals surface area contributed by atoms with Crippen molar-refractivity contribution in [2.45, 2.75) is 6.92 Å². The zero-order valence-electron chi connectivity index (χ0n) is 7.36. The largest absolute Gasteiger partial charge is 0.476 e. The molecule has 2 aromatic rings. The molecule has 0 aromatic carbocycles. The van der Waals surface area contributed by atoms with Crippen molar-refractivity contribution in [2.75, 3.05) is 0 Å². The van der Waals surface area contributed by atoms with Crippen LogP contribution in [0.1, 0.15) is 16.1 Å². The second kappa shape index (κ2) is 2.99. The molecule has 0 saturated heterocycles. The number of halogens is 1. The lowest BCUT2D eigenvalue weighted by Gasteiger charge is -1.97. The van der Waals surface area contributed by atoms with Crippen LogP contribution in [0, 0.1) is 6.92 Å². The summed E-state index contributed by atoms with van der Waals surface area (Å²) in [6, 6.07) is 3.53. The van der Waals surface area contributed by atoms with E-state index < -0.39 is 5.97 Å². The van der Waals surface area contributed by atoms with Crippen molar-refractivity contribution in [3.8, 4) is 0 Å². The molecular formula is C9H7ClN2O2. The predicted octanol–water partition coefficient (Wildman–Crippen LogP) is 1.99. The molecule has 2 rings (SSSR count). The fraction of sp³-hybridized carbons (Fsp3) is 0.111. The number of nitrogens with zero attached hydrogens (tertiary/aromatic N) is 2. The van der Waals surface area contributed by atoms with Crippen LogP contribution in [0.15, 0.2) is 18.3 Å². The van der Waals surface area contributed by atoms with Gasteiger partial charge in [-0.2, -0.15) is 0 Å². The maximum absolute atomic E-state index is 10.6. The number of carboxylic acids is 1. The van der Waals surface area contributed by atoms with E-state index >= 15 is 0 Å². The third-order valence-corrected chi connectivity index (χ3v) is 2.18. The van der Waals surface area contributed by atoms with Gasteiger partial charge in [-0.15, -0.1) is 0 Å². The molecule has 0 bridgehead atoms. The van der Waals surface area contributed by atoms with E-state index in [-0.39, 0.29) is 5.69 Å². The van der Waals surface area contributed by atoms with Crippen molar-refractivity contribution >= 4 is 23.2 Å². The molecule has 0 atom stereocenters. The number of imidazole rings is 1.